The van der Waals surface area contributed by atoms with Crippen LogP contribution in [0.4, 0.5) is 15.3 Å². The molecule has 3 atom stereocenters. The van der Waals surface area contributed by atoms with Crippen LogP contribution in [0.1, 0.15) is 97.8 Å². The molecule has 78 heavy (non-hydrogen) atoms. The summed E-state index contributed by atoms with van der Waals surface area (Å²) >= 11 is 1.32. The largest absolute Gasteiger partial charge is 0.444 e. The third-order valence-electron chi connectivity index (χ3n) is 13.3. The molecule has 2 aromatic carbocycles. The van der Waals surface area contributed by atoms with Crippen molar-refractivity contribution in [2.45, 2.75) is 109 Å². The number of H-pyrrole nitrogens is 1. The minimum absolute atomic E-state index is 0.00586. The molecular formula is C55H64N14O8S. The molecule has 0 radical (unpaired) electrons. The highest BCUT2D eigenvalue weighted by molar-refractivity contribution is 7.98. The number of fused-ring (bicyclic) bond motifs is 2. The number of carbonyl (C=O) groups excluding carboxylic acids is 7. The predicted molar refractivity (Wildman–Crippen MR) is 292 cm³/mol. The van der Waals surface area contributed by atoms with Crippen molar-refractivity contribution in [1.82, 2.24) is 60.4 Å². The van der Waals surface area contributed by atoms with Gasteiger partial charge >= 0.3 is 12.1 Å². The van der Waals surface area contributed by atoms with Gasteiger partial charge in [-0.3, -0.25) is 38.6 Å². The number of primary amides is 1. The molecule has 8 amide bonds. The monoisotopic (exact) mass is 1080 g/mol. The van der Waals surface area contributed by atoms with Crippen LogP contribution in [-0.4, -0.2) is 101 Å². The first-order chi connectivity index (χ1) is 37.7. The highest BCUT2D eigenvalue weighted by Crippen LogP contribution is 2.42. The average molecular weight is 1080 g/mol. The lowest BCUT2D eigenvalue weighted by atomic mass is 10.0. The van der Waals surface area contributed by atoms with Gasteiger partial charge in [-0.2, -0.15) is 5.10 Å². The molecule has 0 saturated carbocycles. The van der Waals surface area contributed by atoms with Crippen molar-refractivity contribution in [1.29, 1.82) is 0 Å². The zero-order valence-electron chi connectivity index (χ0n) is 43.7. The molecule has 0 saturated heterocycles. The van der Waals surface area contributed by atoms with Gasteiger partial charge in [0.15, 0.2) is 5.65 Å². The normalized spacial score (nSPS) is 14.6. The number of aryl methyl sites for hydroxylation is 2. The van der Waals surface area contributed by atoms with Crippen molar-refractivity contribution in [3.63, 3.8) is 0 Å². The number of hydrogen-bond donors (Lipinski definition) is 8. The first-order valence-electron chi connectivity index (χ1n) is 26.0. The Kier molecular flexibility index (Phi) is 19.0. The summed E-state index contributed by atoms with van der Waals surface area (Å²) in [6, 6.07) is 20.1. The maximum absolute atomic E-state index is 13.7. The molecule has 9 N–H and O–H groups in total. The molecule has 8 rings (SSSR count). The first-order valence-corrected chi connectivity index (χ1v) is 26.9. The minimum Gasteiger partial charge on any atom is -0.444 e. The Balaban J connectivity index is 0.800. The van der Waals surface area contributed by atoms with Gasteiger partial charge in [0.05, 0.1) is 28.9 Å². The molecule has 0 bridgehead atoms. The highest BCUT2D eigenvalue weighted by Gasteiger charge is 2.30. The van der Waals surface area contributed by atoms with E-state index in [1.54, 1.807) is 42.6 Å². The number of pyridine rings is 2. The molecule has 1 aliphatic heterocycles. The van der Waals surface area contributed by atoms with Crippen molar-refractivity contribution in [2.24, 2.45) is 11.7 Å². The second-order valence-corrected chi connectivity index (χ2v) is 20.4. The van der Waals surface area contributed by atoms with Crippen LogP contribution in [0, 0.1) is 12.8 Å². The predicted octanol–water partition coefficient (Wildman–Crippen LogP) is 5.84. The van der Waals surface area contributed by atoms with Crippen LogP contribution in [0.2, 0.25) is 0 Å². The Labute approximate surface area is 455 Å². The smallest absolute Gasteiger partial charge is 0.417 e. The third-order valence-corrected chi connectivity index (χ3v) is 14.3. The number of aromatic nitrogens is 6. The van der Waals surface area contributed by atoms with Crippen LogP contribution in [0.5, 0.6) is 0 Å². The molecule has 1 aliphatic carbocycles. The quantitative estimate of drug-likeness (QED) is 0.0180. The Bertz CT molecular complexity index is 3160. The number of imidazole rings is 1. The molecule has 4 aromatic heterocycles. The second kappa shape index (κ2) is 26.6. The summed E-state index contributed by atoms with van der Waals surface area (Å²) in [5.41, 5.74) is 14.7. The van der Waals surface area contributed by atoms with E-state index in [9.17, 15) is 33.6 Å². The van der Waals surface area contributed by atoms with Crippen LogP contribution in [-0.2, 0) is 54.8 Å². The number of carbonyl (C=O) groups is 7. The lowest BCUT2D eigenvalue weighted by Gasteiger charge is -2.25. The van der Waals surface area contributed by atoms with Gasteiger partial charge in [-0.05, 0) is 122 Å². The first kappa shape index (κ1) is 55.8. The maximum Gasteiger partial charge on any atom is 0.417 e. The summed E-state index contributed by atoms with van der Waals surface area (Å²) in [4.78, 5) is 107. The molecule has 22 nitrogen and oxygen atoms in total. The number of nitrogens with zero attached hydrogens (tertiary/aromatic N) is 6. The van der Waals surface area contributed by atoms with E-state index in [1.165, 1.54) is 41.6 Å². The number of rotatable bonds is 26. The number of amides is 8. The number of benzene rings is 2. The summed E-state index contributed by atoms with van der Waals surface area (Å²) in [7, 11) is 0. The zero-order valence-corrected chi connectivity index (χ0v) is 44.5. The minimum atomic E-state index is -1.04. The average Bonchev–Trinajstić information content (AvgIpc) is 4.28. The topological polar surface area (TPSA) is 302 Å². The summed E-state index contributed by atoms with van der Waals surface area (Å²) in [6.45, 7) is 6.93. The Morgan fingerprint density at radius 2 is 1.68 bits per heavy atom. The molecule has 0 spiro atoms. The molecule has 6 aromatic rings. The zero-order chi connectivity index (χ0) is 55.1. The molecule has 5 heterocycles. The van der Waals surface area contributed by atoms with Gasteiger partial charge in [-0.15, -0.1) is 0 Å². The van der Waals surface area contributed by atoms with Crippen molar-refractivity contribution in [3.05, 3.63) is 131 Å². The SMILES string of the molecule is Cc1cccc(-c2[nH]c(CNCc3cccc4c3C(SNC(=O)OCc3ccc(NC(=O)[C@H](CCCNC(N)=O)NC(=O)C(NC(=O)CCCCCN5C(=O)C=CC5=O)C(C)C)cc3)CC4)nc2-c2ccc3ncnn3c2)n1. The fourth-order valence-corrected chi connectivity index (χ4v) is 10.2. The molecule has 2 unspecified atom stereocenters. The number of ether oxygens (including phenoxy) is 1. The van der Waals surface area contributed by atoms with Gasteiger partial charge in [-0.25, -0.2) is 24.1 Å². The van der Waals surface area contributed by atoms with E-state index in [4.69, 9.17) is 20.4 Å². The van der Waals surface area contributed by atoms with Crippen LogP contribution >= 0.6 is 11.9 Å². The number of imide groups is 1. The number of nitrogens with one attached hydrogen (secondary N) is 7. The van der Waals surface area contributed by atoms with Crippen LogP contribution in [0.3, 0.4) is 0 Å². The molecular weight excluding hydrogens is 1020 g/mol. The lowest BCUT2D eigenvalue weighted by molar-refractivity contribution is -0.137. The number of anilines is 1. The summed E-state index contributed by atoms with van der Waals surface area (Å²) in [5.74, 6) is -1.72. The van der Waals surface area contributed by atoms with Gasteiger partial charge < -0.3 is 42.0 Å². The van der Waals surface area contributed by atoms with Gasteiger partial charge in [0, 0.05) is 61.3 Å². The molecule has 2 aliphatic rings. The molecule has 23 heteroatoms. The van der Waals surface area contributed by atoms with E-state index in [0.717, 1.165) is 63.1 Å². The van der Waals surface area contributed by atoms with Gasteiger partial charge in [-0.1, -0.05) is 56.7 Å². The number of hydrogen-bond acceptors (Lipinski definition) is 14. The number of urea groups is 1. The highest BCUT2D eigenvalue weighted by atomic mass is 32.2. The van der Waals surface area contributed by atoms with Crippen molar-refractivity contribution < 1.29 is 38.3 Å². The van der Waals surface area contributed by atoms with Gasteiger partial charge in [0.25, 0.3) is 11.8 Å². The molecule has 0 fully saturated rings. The number of aromatic amines is 1. The maximum atomic E-state index is 13.7. The summed E-state index contributed by atoms with van der Waals surface area (Å²) in [5, 5.41) is 18.8. The van der Waals surface area contributed by atoms with Crippen molar-refractivity contribution in [3.8, 4) is 22.6 Å². The Hall–Kier alpha value is -8.44. The molecule has 408 valence electrons. The Morgan fingerprint density at radius 1 is 0.885 bits per heavy atom. The van der Waals surface area contributed by atoms with Gasteiger partial charge in [0.1, 0.15) is 30.8 Å². The fourth-order valence-electron chi connectivity index (χ4n) is 9.28. The van der Waals surface area contributed by atoms with E-state index < -0.39 is 36.0 Å². The van der Waals surface area contributed by atoms with Gasteiger partial charge in [0.2, 0.25) is 17.7 Å². The van der Waals surface area contributed by atoms with Crippen LogP contribution in [0.15, 0.2) is 97.5 Å². The fraction of sp³-hybridized carbons (Fsp3) is 0.364. The van der Waals surface area contributed by atoms with Crippen molar-refractivity contribution >= 4 is 64.9 Å². The summed E-state index contributed by atoms with van der Waals surface area (Å²) in [6.07, 6.45) is 9.17. The lowest BCUT2D eigenvalue weighted by Crippen LogP contribution is -2.54. The van der Waals surface area contributed by atoms with Crippen LogP contribution in [0.25, 0.3) is 28.3 Å². The number of unbranched alkanes of at least 4 members (excludes halogenated alkanes) is 2. The standard InChI is InChI=1S/C55H64N14O8S/c1-33(2)49(66-45(70)15-5-4-6-27-68-46(71)24-25-47(68)72)53(74)63-41(14-9-26-58-54(56)75)52(73)62-39-20-16-35(17-21-39)31-77-55(76)67-78-42-22-18-36-11-8-12-37(48(36)42)28-57-29-43-64-50(38-19-23-44-59-32-60-69(44)30-38)51(65-43)40-13-7-10-34(3)61-40/h7-8,10-13,16-17,19-21,23-25,30,32-33,41-42,49,57H,4-6,9,14-15,18,22,26-29,31H2,1-3H3,(H,62,73)(H,63,74)(H,64,65)(H,66,70)(H,67,76)(H3,56,58,75)/t41-,42?,49?/m0/s1. The van der Waals surface area contributed by atoms with E-state index >= 15 is 0 Å². The van der Waals surface area contributed by atoms with E-state index in [2.05, 4.69) is 64.6 Å². The number of nitrogens with two attached hydrogens (primary N) is 1. The van der Waals surface area contributed by atoms with E-state index in [1.807, 2.05) is 43.5 Å². The van der Waals surface area contributed by atoms with E-state index in [0.29, 0.717) is 50.0 Å². The third kappa shape index (κ3) is 14.9. The van der Waals surface area contributed by atoms with Crippen molar-refractivity contribution in [2.75, 3.05) is 18.4 Å². The van der Waals surface area contributed by atoms with E-state index in [-0.39, 0.29) is 61.4 Å². The second-order valence-electron chi connectivity index (χ2n) is 19.4. The van der Waals surface area contributed by atoms with Crippen LogP contribution < -0.4 is 37.0 Å². The Morgan fingerprint density at radius 3 is 2.45 bits per heavy atom. The summed E-state index contributed by atoms with van der Waals surface area (Å²) < 4.78 is 10.2.